The number of rotatable bonds is 3. The van der Waals surface area contributed by atoms with E-state index in [2.05, 4.69) is 0 Å². The summed E-state index contributed by atoms with van der Waals surface area (Å²) in [6.07, 6.45) is 0. The average Bonchev–Trinajstić information content (AvgIpc) is 2.81. The van der Waals surface area contributed by atoms with Crippen LogP contribution >= 0.6 is 11.3 Å². The van der Waals surface area contributed by atoms with Crippen LogP contribution in [0.4, 0.5) is 8.78 Å². The van der Waals surface area contributed by atoms with E-state index in [1.165, 1.54) is 17.4 Å². The zero-order chi connectivity index (χ0) is 13.3. The molecule has 0 unspecified atom stereocenters. The second-order valence-electron chi connectivity index (χ2n) is 4.31. The van der Waals surface area contributed by atoms with E-state index in [4.69, 9.17) is 0 Å². The van der Waals surface area contributed by atoms with Crippen molar-refractivity contribution in [1.82, 2.24) is 0 Å². The molecule has 0 N–H and O–H groups in total. The molecule has 2 rings (SSSR count). The van der Waals surface area contributed by atoms with Crippen molar-refractivity contribution in [3.8, 4) is 10.4 Å². The van der Waals surface area contributed by atoms with E-state index in [9.17, 15) is 13.6 Å². The van der Waals surface area contributed by atoms with E-state index in [1.54, 1.807) is 12.1 Å². The number of ketones is 1. The van der Waals surface area contributed by atoms with Crippen LogP contribution in [0.15, 0.2) is 30.3 Å². The van der Waals surface area contributed by atoms with Crippen LogP contribution in [0.25, 0.3) is 10.4 Å². The Hall–Kier alpha value is -1.55. The molecule has 0 saturated carbocycles. The first-order valence-electron chi connectivity index (χ1n) is 5.58. The van der Waals surface area contributed by atoms with Gasteiger partial charge in [0, 0.05) is 10.8 Å². The van der Waals surface area contributed by atoms with Gasteiger partial charge in [-0.15, -0.1) is 11.3 Å². The molecule has 0 fully saturated rings. The summed E-state index contributed by atoms with van der Waals surface area (Å²) < 4.78 is 25.9. The van der Waals surface area contributed by atoms with Crippen LogP contribution in [0.5, 0.6) is 0 Å². The van der Waals surface area contributed by atoms with Crippen molar-refractivity contribution in [3.63, 3.8) is 0 Å². The summed E-state index contributed by atoms with van der Waals surface area (Å²) in [5.41, 5.74) is 0.585. The molecule has 0 spiro atoms. The van der Waals surface area contributed by atoms with Crippen molar-refractivity contribution in [1.29, 1.82) is 0 Å². The molecule has 0 bridgehead atoms. The molecule has 0 amide bonds. The average molecular weight is 266 g/mol. The number of benzene rings is 1. The highest BCUT2D eigenvalue weighted by Gasteiger charge is 2.14. The lowest BCUT2D eigenvalue weighted by Crippen LogP contribution is -2.04. The maximum atomic E-state index is 13.1. The molecule has 2 aromatic rings. The Labute approximate surface area is 108 Å². The van der Waals surface area contributed by atoms with Gasteiger partial charge in [-0.05, 0) is 29.8 Å². The first-order valence-corrected chi connectivity index (χ1v) is 6.40. The third kappa shape index (κ3) is 2.48. The Morgan fingerprint density at radius 3 is 2.44 bits per heavy atom. The molecule has 18 heavy (non-hydrogen) atoms. The Balaban J connectivity index is 2.35. The molecule has 1 aromatic carbocycles. The minimum absolute atomic E-state index is 0.0637. The van der Waals surface area contributed by atoms with Gasteiger partial charge in [-0.25, -0.2) is 8.78 Å². The van der Waals surface area contributed by atoms with Crippen molar-refractivity contribution in [2.75, 3.05) is 0 Å². The predicted octanol–water partition coefficient (Wildman–Crippen LogP) is 4.53. The molecule has 0 aliphatic heterocycles. The van der Waals surface area contributed by atoms with Crippen LogP contribution in [0, 0.1) is 17.6 Å². The second-order valence-corrected chi connectivity index (χ2v) is 5.40. The number of halogens is 2. The van der Waals surface area contributed by atoms with Crippen molar-refractivity contribution in [2.45, 2.75) is 13.8 Å². The van der Waals surface area contributed by atoms with Crippen molar-refractivity contribution < 1.29 is 13.6 Å². The van der Waals surface area contributed by atoms with Gasteiger partial charge in [0.25, 0.3) is 0 Å². The lowest BCUT2D eigenvalue weighted by molar-refractivity contribution is 0.0943. The monoisotopic (exact) mass is 266 g/mol. The first-order chi connectivity index (χ1) is 8.49. The SMILES string of the molecule is CC(C)C(=O)c1ccc(-c2ccc(F)c(F)c2)s1. The molecule has 94 valence electrons. The van der Waals surface area contributed by atoms with E-state index in [1.807, 2.05) is 13.8 Å². The first kappa shape index (κ1) is 12.9. The highest BCUT2D eigenvalue weighted by molar-refractivity contribution is 7.17. The van der Waals surface area contributed by atoms with Gasteiger partial charge in [0.15, 0.2) is 17.4 Å². The van der Waals surface area contributed by atoms with Gasteiger partial charge in [-0.3, -0.25) is 4.79 Å². The third-order valence-corrected chi connectivity index (χ3v) is 3.73. The van der Waals surface area contributed by atoms with Crippen LogP contribution in [-0.2, 0) is 0 Å². The molecule has 1 aromatic heterocycles. The Kier molecular flexibility index (Phi) is 3.57. The summed E-state index contributed by atoms with van der Waals surface area (Å²) in [6, 6.07) is 7.23. The fourth-order valence-corrected chi connectivity index (χ4v) is 2.65. The molecule has 0 aliphatic rings. The fourth-order valence-electron chi connectivity index (χ4n) is 1.56. The van der Waals surface area contributed by atoms with Crippen LogP contribution in [0.1, 0.15) is 23.5 Å². The zero-order valence-corrected chi connectivity index (χ0v) is 10.9. The number of carbonyl (C=O) groups excluding carboxylic acids is 1. The van der Waals surface area contributed by atoms with Gasteiger partial charge in [0.2, 0.25) is 0 Å². The Morgan fingerprint density at radius 2 is 1.83 bits per heavy atom. The summed E-state index contributed by atoms with van der Waals surface area (Å²) >= 11 is 1.30. The molecule has 0 aliphatic carbocycles. The van der Waals surface area contributed by atoms with Crippen LogP contribution in [-0.4, -0.2) is 5.78 Å². The number of hydrogen-bond acceptors (Lipinski definition) is 2. The molecule has 0 atom stereocenters. The molecule has 0 saturated heterocycles. The summed E-state index contributed by atoms with van der Waals surface area (Å²) in [7, 11) is 0. The van der Waals surface area contributed by atoms with E-state index in [-0.39, 0.29) is 11.7 Å². The number of thiophene rings is 1. The molecule has 0 radical (unpaired) electrons. The standard InChI is InChI=1S/C14H12F2OS/c1-8(2)14(17)13-6-5-12(18-13)9-3-4-10(15)11(16)7-9/h3-8H,1-2H3. The van der Waals surface area contributed by atoms with E-state index in [0.717, 1.165) is 17.0 Å². The normalized spacial score (nSPS) is 10.9. The van der Waals surface area contributed by atoms with Gasteiger partial charge in [0.1, 0.15) is 0 Å². The van der Waals surface area contributed by atoms with Crippen molar-refractivity contribution >= 4 is 17.1 Å². The van der Waals surface area contributed by atoms with Gasteiger partial charge < -0.3 is 0 Å². The summed E-state index contributed by atoms with van der Waals surface area (Å²) in [5, 5.41) is 0. The molecular weight excluding hydrogens is 254 g/mol. The fraction of sp³-hybridized carbons (Fsp3) is 0.214. The van der Waals surface area contributed by atoms with Crippen LogP contribution in [0.2, 0.25) is 0 Å². The van der Waals surface area contributed by atoms with Gasteiger partial charge >= 0.3 is 0 Å². The van der Waals surface area contributed by atoms with Gasteiger partial charge in [0.05, 0.1) is 4.88 Å². The summed E-state index contributed by atoms with van der Waals surface area (Å²) in [5.74, 6) is -1.75. The van der Waals surface area contributed by atoms with Crippen molar-refractivity contribution in [3.05, 3.63) is 46.8 Å². The number of carbonyl (C=O) groups is 1. The summed E-state index contributed by atoms with van der Waals surface area (Å²) in [6.45, 7) is 3.67. The second kappa shape index (κ2) is 4.98. The number of hydrogen-bond donors (Lipinski definition) is 0. The van der Waals surface area contributed by atoms with E-state index in [0.29, 0.717) is 10.4 Å². The topological polar surface area (TPSA) is 17.1 Å². The van der Waals surface area contributed by atoms with Crippen molar-refractivity contribution in [2.24, 2.45) is 5.92 Å². The minimum Gasteiger partial charge on any atom is -0.293 e. The van der Waals surface area contributed by atoms with Gasteiger partial charge in [-0.2, -0.15) is 0 Å². The zero-order valence-electron chi connectivity index (χ0n) is 10.0. The van der Waals surface area contributed by atoms with Crippen LogP contribution < -0.4 is 0 Å². The van der Waals surface area contributed by atoms with Crippen LogP contribution in [0.3, 0.4) is 0 Å². The highest BCUT2D eigenvalue weighted by Crippen LogP contribution is 2.30. The molecular formula is C14H12F2OS. The predicted molar refractivity (Wildman–Crippen MR) is 68.8 cm³/mol. The number of Topliss-reactive ketones (excluding diaryl/α,β-unsaturated/α-hetero) is 1. The Morgan fingerprint density at radius 1 is 1.11 bits per heavy atom. The smallest absolute Gasteiger partial charge is 0.175 e. The van der Waals surface area contributed by atoms with Gasteiger partial charge in [-0.1, -0.05) is 19.9 Å². The molecule has 1 heterocycles. The maximum absolute atomic E-state index is 13.1. The molecule has 1 nitrogen and oxygen atoms in total. The Bertz CT molecular complexity index is 587. The molecule has 4 heteroatoms. The lowest BCUT2D eigenvalue weighted by atomic mass is 10.1. The largest absolute Gasteiger partial charge is 0.293 e. The lowest BCUT2D eigenvalue weighted by Gasteiger charge is -2.00. The van der Waals surface area contributed by atoms with E-state index < -0.39 is 11.6 Å². The third-order valence-electron chi connectivity index (χ3n) is 2.58. The van der Waals surface area contributed by atoms with E-state index >= 15 is 0 Å². The quantitative estimate of drug-likeness (QED) is 0.746. The maximum Gasteiger partial charge on any atom is 0.175 e. The highest BCUT2D eigenvalue weighted by atomic mass is 32.1. The summed E-state index contributed by atoms with van der Waals surface area (Å²) in [4.78, 5) is 13.2. The minimum atomic E-state index is -0.877.